The normalized spacial score (nSPS) is 20.0. The fourth-order valence-corrected chi connectivity index (χ4v) is 3.74. The van der Waals surface area contributed by atoms with Gasteiger partial charge in [-0.1, -0.05) is 30.3 Å². The van der Waals surface area contributed by atoms with Gasteiger partial charge in [0.1, 0.15) is 0 Å². The van der Waals surface area contributed by atoms with Gasteiger partial charge in [-0.05, 0) is 38.4 Å². The van der Waals surface area contributed by atoms with Crippen LogP contribution in [0.5, 0.6) is 0 Å². The first-order valence-electron chi connectivity index (χ1n) is 9.55. The average Bonchev–Trinajstić information content (AvgIpc) is 3.45. The highest BCUT2D eigenvalue weighted by molar-refractivity contribution is 14.0. The van der Waals surface area contributed by atoms with Crippen LogP contribution in [0.1, 0.15) is 18.4 Å². The lowest BCUT2D eigenvalue weighted by atomic mass is 10.1. The predicted molar refractivity (Wildman–Crippen MR) is 120 cm³/mol. The van der Waals surface area contributed by atoms with Crippen molar-refractivity contribution in [3.8, 4) is 0 Å². The first-order chi connectivity index (χ1) is 12.2. The number of guanidine groups is 1. The van der Waals surface area contributed by atoms with E-state index in [1.54, 1.807) is 0 Å². The minimum atomic E-state index is 0. The van der Waals surface area contributed by atoms with Crippen LogP contribution < -0.4 is 5.32 Å². The lowest BCUT2D eigenvalue weighted by Crippen LogP contribution is -2.54. The molecule has 2 fully saturated rings. The highest BCUT2D eigenvalue weighted by Gasteiger charge is 2.32. The largest absolute Gasteiger partial charge is 0.355 e. The SMILES string of the molecule is CN=C(NCC(C1CC1)N(C)C)N1CCN(Cc2ccccc2)CC1.I. The molecule has 1 unspecified atom stereocenters. The fraction of sp³-hybridized carbons (Fsp3) is 0.650. The maximum atomic E-state index is 4.53. The monoisotopic (exact) mass is 471 g/mol. The Morgan fingerprint density at radius 3 is 2.35 bits per heavy atom. The summed E-state index contributed by atoms with van der Waals surface area (Å²) in [4.78, 5) is 11.8. The Hall–Kier alpha value is -0.860. The molecule has 0 radical (unpaired) electrons. The van der Waals surface area contributed by atoms with Gasteiger partial charge in [0.2, 0.25) is 0 Å². The minimum absolute atomic E-state index is 0. The molecule has 0 spiro atoms. The smallest absolute Gasteiger partial charge is 0.193 e. The lowest BCUT2D eigenvalue weighted by molar-refractivity contribution is 0.171. The molecule has 5 nitrogen and oxygen atoms in total. The molecule has 1 N–H and O–H groups in total. The number of nitrogens with one attached hydrogen (secondary N) is 1. The van der Waals surface area contributed by atoms with Gasteiger partial charge in [-0.3, -0.25) is 9.89 Å². The van der Waals surface area contributed by atoms with Gasteiger partial charge in [-0.2, -0.15) is 0 Å². The van der Waals surface area contributed by atoms with Gasteiger partial charge < -0.3 is 15.1 Å². The molecular formula is C20H34IN5. The van der Waals surface area contributed by atoms with E-state index in [9.17, 15) is 0 Å². The third-order valence-electron chi connectivity index (χ3n) is 5.43. The van der Waals surface area contributed by atoms with Crippen molar-refractivity contribution in [3.63, 3.8) is 0 Å². The van der Waals surface area contributed by atoms with Crippen LogP contribution in [0.3, 0.4) is 0 Å². The number of hydrogen-bond donors (Lipinski definition) is 1. The molecule has 0 amide bonds. The van der Waals surface area contributed by atoms with Crippen molar-refractivity contribution < 1.29 is 0 Å². The number of nitrogens with zero attached hydrogens (tertiary/aromatic N) is 4. The van der Waals surface area contributed by atoms with Gasteiger partial charge >= 0.3 is 0 Å². The Kier molecular flexibility index (Phi) is 8.63. The summed E-state index contributed by atoms with van der Waals surface area (Å²) in [6.07, 6.45) is 2.75. The van der Waals surface area contributed by atoms with E-state index >= 15 is 0 Å². The van der Waals surface area contributed by atoms with Crippen LogP contribution in [-0.2, 0) is 6.54 Å². The summed E-state index contributed by atoms with van der Waals surface area (Å²) >= 11 is 0. The molecule has 1 heterocycles. The number of piperazine rings is 1. The van der Waals surface area contributed by atoms with E-state index in [1.807, 2.05) is 7.05 Å². The number of halogens is 1. The van der Waals surface area contributed by atoms with Crippen molar-refractivity contribution in [1.29, 1.82) is 0 Å². The van der Waals surface area contributed by atoms with Gasteiger partial charge in [0, 0.05) is 52.4 Å². The Morgan fingerprint density at radius 1 is 1.15 bits per heavy atom. The van der Waals surface area contributed by atoms with Crippen molar-refractivity contribution in [2.45, 2.75) is 25.4 Å². The van der Waals surface area contributed by atoms with Gasteiger partial charge in [-0.25, -0.2) is 0 Å². The molecule has 26 heavy (non-hydrogen) atoms. The minimum Gasteiger partial charge on any atom is -0.355 e. The molecule has 1 aliphatic heterocycles. The summed E-state index contributed by atoms with van der Waals surface area (Å²) in [6.45, 7) is 6.31. The molecule has 3 rings (SSSR count). The third kappa shape index (κ3) is 6.09. The first kappa shape index (κ1) is 21.4. The zero-order valence-corrected chi connectivity index (χ0v) is 18.7. The quantitative estimate of drug-likeness (QED) is 0.393. The van der Waals surface area contributed by atoms with Crippen LogP contribution in [0.4, 0.5) is 0 Å². The maximum absolute atomic E-state index is 4.53. The molecule has 2 aliphatic rings. The number of hydrogen-bond acceptors (Lipinski definition) is 3. The molecular weight excluding hydrogens is 437 g/mol. The highest BCUT2D eigenvalue weighted by atomic mass is 127. The molecule has 1 saturated carbocycles. The van der Waals surface area contributed by atoms with Crippen LogP contribution in [0.15, 0.2) is 35.3 Å². The highest BCUT2D eigenvalue weighted by Crippen LogP contribution is 2.34. The van der Waals surface area contributed by atoms with E-state index < -0.39 is 0 Å². The van der Waals surface area contributed by atoms with E-state index in [-0.39, 0.29) is 24.0 Å². The summed E-state index contributed by atoms with van der Waals surface area (Å²) in [7, 11) is 6.28. The van der Waals surface area contributed by atoms with Crippen LogP contribution in [-0.4, -0.2) is 80.6 Å². The van der Waals surface area contributed by atoms with E-state index in [1.165, 1.54) is 18.4 Å². The van der Waals surface area contributed by atoms with Crippen molar-refractivity contribution in [1.82, 2.24) is 20.0 Å². The summed E-state index contributed by atoms with van der Waals surface area (Å²) in [5, 5.41) is 3.62. The third-order valence-corrected chi connectivity index (χ3v) is 5.43. The van der Waals surface area contributed by atoms with Crippen LogP contribution >= 0.6 is 24.0 Å². The second-order valence-electron chi connectivity index (χ2n) is 7.55. The second-order valence-corrected chi connectivity index (χ2v) is 7.55. The van der Waals surface area contributed by atoms with E-state index in [0.717, 1.165) is 51.1 Å². The lowest BCUT2D eigenvalue weighted by Gasteiger charge is -2.37. The summed E-state index contributed by atoms with van der Waals surface area (Å²) in [6, 6.07) is 11.4. The molecule has 6 heteroatoms. The molecule has 1 atom stereocenters. The maximum Gasteiger partial charge on any atom is 0.193 e. The zero-order valence-electron chi connectivity index (χ0n) is 16.4. The Bertz CT molecular complexity index is 549. The van der Waals surface area contributed by atoms with Crippen molar-refractivity contribution in [2.75, 3.05) is 53.9 Å². The molecule has 1 saturated heterocycles. The van der Waals surface area contributed by atoms with Gasteiger partial charge in [0.15, 0.2) is 5.96 Å². The number of benzene rings is 1. The van der Waals surface area contributed by atoms with Gasteiger partial charge in [-0.15, -0.1) is 24.0 Å². The van der Waals surface area contributed by atoms with Gasteiger partial charge in [0.25, 0.3) is 0 Å². The summed E-state index contributed by atoms with van der Waals surface area (Å²) < 4.78 is 0. The molecule has 146 valence electrons. The Balaban J connectivity index is 0.00000243. The van der Waals surface area contributed by atoms with Crippen molar-refractivity contribution in [3.05, 3.63) is 35.9 Å². The summed E-state index contributed by atoms with van der Waals surface area (Å²) in [5.41, 5.74) is 1.40. The van der Waals surface area contributed by atoms with E-state index in [0.29, 0.717) is 6.04 Å². The standard InChI is InChI=1S/C20H33N5.HI/c1-21-20(22-15-19(23(2)3)18-9-10-18)25-13-11-24(12-14-25)16-17-7-5-4-6-8-17;/h4-8,18-19H,9-16H2,1-3H3,(H,21,22);1H. The predicted octanol–water partition coefficient (Wildman–Crippen LogP) is 2.34. The zero-order chi connectivity index (χ0) is 17.6. The topological polar surface area (TPSA) is 34.1 Å². The molecule has 1 aromatic carbocycles. The molecule has 0 bridgehead atoms. The van der Waals surface area contributed by atoms with Gasteiger partial charge in [0.05, 0.1) is 0 Å². The molecule has 1 aliphatic carbocycles. The van der Waals surface area contributed by atoms with E-state index in [4.69, 9.17) is 0 Å². The fourth-order valence-electron chi connectivity index (χ4n) is 3.74. The van der Waals surface area contributed by atoms with Crippen molar-refractivity contribution in [2.24, 2.45) is 10.9 Å². The summed E-state index contributed by atoms with van der Waals surface area (Å²) in [5.74, 6) is 1.93. The molecule has 0 aromatic heterocycles. The van der Waals surface area contributed by atoms with E-state index in [2.05, 4.69) is 69.4 Å². The van der Waals surface area contributed by atoms with Crippen LogP contribution in [0.25, 0.3) is 0 Å². The first-order valence-corrected chi connectivity index (χ1v) is 9.55. The number of likely N-dealkylation sites (N-methyl/N-ethyl adjacent to an activating group) is 1. The number of aliphatic imine (C=N–C) groups is 1. The number of rotatable bonds is 6. The average molecular weight is 471 g/mol. The Labute approximate surface area is 175 Å². The van der Waals surface area contributed by atoms with Crippen molar-refractivity contribution >= 4 is 29.9 Å². The van der Waals surface area contributed by atoms with Crippen LogP contribution in [0, 0.1) is 5.92 Å². The second kappa shape index (κ2) is 10.5. The molecule has 1 aromatic rings. The Morgan fingerprint density at radius 2 is 1.81 bits per heavy atom. The van der Waals surface area contributed by atoms with Crippen LogP contribution in [0.2, 0.25) is 0 Å².